The van der Waals surface area contributed by atoms with Gasteiger partial charge in [0.1, 0.15) is 0 Å². The van der Waals surface area contributed by atoms with E-state index in [1.54, 1.807) is 4.90 Å². The minimum absolute atomic E-state index is 0.0228. The van der Waals surface area contributed by atoms with Crippen LogP contribution in [-0.4, -0.2) is 41.1 Å². The Morgan fingerprint density at radius 3 is 2.48 bits per heavy atom. The Labute approximate surface area is 137 Å². The Morgan fingerprint density at radius 2 is 1.87 bits per heavy atom. The molecule has 126 valence electrons. The number of rotatable bonds is 4. The maximum Gasteiger partial charge on any atom is 0.317 e. The molecule has 2 N–H and O–H groups in total. The largest absolute Gasteiger partial charge is 0.481 e. The van der Waals surface area contributed by atoms with Crippen molar-refractivity contribution in [3.63, 3.8) is 0 Å². The number of hydrogen-bond acceptors (Lipinski definition) is 2. The molecule has 5 nitrogen and oxygen atoms in total. The number of carbonyl (C=O) groups excluding carboxylic acids is 1. The number of urea groups is 1. The first-order valence-corrected chi connectivity index (χ1v) is 8.21. The van der Waals surface area contributed by atoms with Gasteiger partial charge in [-0.1, -0.05) is 44.2 Å². The van der Waals surface area contributed by atoms with E-state index in [4.69, 9.17) is 0 Å². The molecule has 0 aliphatic carbocycles. The van der Waals surface area contributed by atoms with Gasteiger partial charge in [-0.25, -0.2) is 4.79 Å². The van der Waals surface area contributed by atoms with Crippen molar-refractivity contribution in [1.82, 2.24) is 10.2 Å². The summed E-state index contributed by atoms with van der Waals surface area (Å²) in [6, 6.07) is 9.87. The molecule has 1 aromatic carbocycles. The maximum atomic E-state index is 12.5. The Bertz CT molecular complexity index is 546. The average molecular weight is 318 g/mol. The van der Waals surface area contributed by atoms with Crippen LogP contribution in [0.1, 0.15) is 38.7 Å². The smallest absolute Gasteiger partial charge is 0.317 e. The lowest BCUT2D eigenvalue weighted by atomic mass is 9.90. The maximum absolute atomic E-state index is 12.5. The van der Waals surface area contributed by atoms with Crippen LogP contribution in [0.25, 0.3) is 0 Å². The van der Waals surface area contributed by atoms with Crippen LogP contribution >= 0.6 is 0 Å². The molecule has 1 fully saturated rings. The Kier molecular flexibility index (Phi) is 5.64. The third kappa shape index (κ3) is 4.47. The fourth-order valence-electron chi connectivity index (χ4n) is 3.15. The van der Waals surface area contributed by atoms with Crippen LogP contribution in [0.3, 0.4) is 0 Å². The number of benzene rings is 1. The zero-order valence-corrected chi connectivity index (χ0v) is 14.0. The number of piperidine rings is 1. The van der Waals surface area contributed by atoms with E-state index in [1.807, 2.05) is 32.0 Å². The molecule has 4 unspecified atom stereocenters. The third-order valence-corrected chi connectivity index (χ3v) is 4.72. The van der Waals surface area contributed by atoms with Gasteiger partial charge in [0.2, 0.25) is 0 Å². The highest BCUT2D eigenvalue weighted by molar-refractivity contribution is 5.77. The third-order valence-electron chi connectivity index (χ3n) is 4.72. The average Bonchev–Trinajstić information content (AvgIpc) is 2.54. The van der Waals surface area contributed by atoms with Crippen molar-refractivity contribution in [2.75, 3.05) is 13.1 Å². The molecule has 1 saturated heterocycles. The highest BCUT2D eigenvalue weighted by Crippen LogP contribution is 2.23. The van der Waals surface area contributed by atoms with Gasteiger partial charge in [-0.05, 0) is 24.8 Å². The van der Waals surface area contributed by atoms with E-state index in [0.717, 1.165) is 0 Å². The second kappa shape index (κ2) is 7.49. The van der Waals surface area contributed by atoms with Gasteiger partial charge in [0.25, 0.3) is 0 Å². The van der Waals surface area contributed by atoms with E-state index < -0.39 is 11.9 Å². The van der Waals surface area contributed by atoms with Crippen LogP contribution in [0.2, 0.25) is 0 Å². The Morgan fingerprint density at radius 1 is 1.22 bits per heavy atom. The van der Waals surface area contributed by atoms with Gasteiger partial charge in [-0.3, -0.25) is 4.79 Å². The van der Waals surface area contributed by atoms with Gasteiger partial charge in [0, 0.05) is 25.0 Å². The molecule has 0 bridgehead atoms. The zero-order valence-electron chi connectivity index (χ0n) is 14.0. The first kappa shape index (κ1) is 17.3. The van der Waals surface area contributed by atoms with Crippen LogP contribution in [0, 0.1) is 11.8 Å². The number of carboxylic acid groups (broad SMARTS) is 1. The predicted molar refractivity (Wildman–Crippen MR) is 89.3 cm³/mol. The highest BCUT2D eigenvalue weighted by atomic mass is 16.4. The standard InChI is InChI=1S/C18H26N2O3/c1-12-9-16(17(21)22)11-20(10-12)18(23)19-14(3)13(2)15-7-5-4-6-8-15/h4-8,12-14,16H,9-11H2,1-3H3,(H,19,23)(H,21,22). The summed E-state index contributed by atoms with van der Waals surface area (Å²) < 4.78 is 0. The first-order valence-electron chi connectivity index (χ1n) is 8.21. The molecule has 1 aromatic rings. The summed E-state index contributed by atoms with van der Waals surface area (Å²) in [5, 5.41) is 12.2. The normalized spacial score (nSPS) is 23.9. The van der Waals surface area contributed by atoms with Gasteiger partial charge in [0.05, 0.1) is 5.92 Å². The molecule has 1 aliphatic rings. The van der Waals surface area contributed by atoms with Crippen molar-refractivity contribution in [3.8, 4) is 0 Å². The molecule has 0 saturated carbocycles. The molecule has 0 aromatic heterocycles. The van der Waals surface area contributed by atoms with Crippen LogP contribution < -0.4 is 5.32 Å². The van der Waals surface area contributed by atoms with E-state index in [1.165, 1.54) is 5.56 Å². The second-order valence-corrected chi connectivity index (χ2v) is 6.72. The lowest BCUT2D eigenvalue weighted by molar-refractivity contribution is -0.143. The summed E-state index contributed by atoms with van der Waals surface area (Å²) in [5.41, 5.74) is 1.18. The first-order chi connectivity index (χ1) is 10.9. The molecule has 2 amide bonds. The number of hydrogen-bond donors (Lipinski definition) is 2. The number of likely N-dealkylation sites (tertiary alicyclic amines) is 1. The van der Waals surface area contributed by atoms with Crippen LogP contribution in [-0.2, 0) is 4.79 Å². The van der Waals surface area contributed by atoms with Crippen molar-refractivity contribution in [3.05, 3.63) is 35.9 Å². The zero-order chi connectivity index (χ0) is 17.0. The second-order valence-electron chi connectivity index (χ2n) is 6.72. The van der Waals surface area contributed by atoms with Gasteiger partial charge >= 0.3 is 12.0 Å². The fourth-order valence-corrected chi connectivity index (χ4v) is 3.15. The van der Waals surface area contributed by atoms with Crippen molar-refractivity contribution < 1.29 is 14.7 Å². The topological polar surface area (TPSA) is 69.6 Å². The molecule has 5 heteroatoms. The summed E-state index contributed by atoms with van der Waals surface area (Å²) in [4.78, 5) is 25.3. The number of aliphatic carboxylic acids is 1. The molecular formula is C18H26N2O3. The van der Waals surface area contributed by atoms with E-state index in [0.29, 0.717) is 13.0 Å². The van der Waals surface area contributed by atoms with Gasteiger partial charge in [-0.2, -0.15) is 0 Å². The Hall–Kier alpha value is -2.04. The summed E-state index contributed by atoms with van der Waals surface area (Å²) in [5.74, 6) is -0.888. The lowest BCUT2D eigenvalue weighted by Crippen LogP contribution is -2.51. The van der Waals surface area contributed by atoms with Gasteiger partial charge in [-0.15, -0.1) is 0 Å². The number of carboxylic acids is 1. The monoisotopic (exact) mass is 318 g/mol. The molecule has 2 rings (SSSR count). The number of nitrogens with zero attached hydrogens (tertiary/aromatic N) is 1. The van der Waals surface area contributed by atoms with Crippen LogP contribution in [0.5, 0.6) is 0 Å². The van der Waals surface area contributed by atoms with Crippen LogP contribution in [0.4, 0.5) is 4.79 Å². The van der Waals surface area contributed by atoms with Gasteiger partial charge in [0.15, 0.2) is 0 Å². The van der Waals surface area contributed by atoms with E-state index >= 15 is 0 Å². The highest BCUT2D eigenvalue weighted by Gasteiger charge is 2.32. The van der Waals surface area contributed by atoms with E-state index in [2.05, 4.69) is 24.4 Å². The summed E-state index contributed by atoms with van der Waals surface area (Å²) in [7, 11) is 0. The van der Waals surface area contributed by atoms with E-state index in [-0.39, 0.29) is 30.5 Å². The quantitative estimate of drug-likeness (QED) is 0.897. The summed E-state index contributed by atoms with van der Waals surface area (Å²) >= 11 is 0. The van der Waals surface area contributed by atoms with Gasteiger partial charge < -0.3 is 15.3 Å². The van der Waals surface area contributed by atoms with Crippen molar-refractivity contribution >= 4 is 12.0 Å². The number of carbonyl (C=O) groups is 2. The Balaban J connectivity index is 1.96. The minimum Gasteiger partial charge on any atom is -0.481 e. The molecule has 1 aliphatic heterocycles. The number of nitrogens with one attached hydrogen (secondary N) is 1. The molecule has 1 heterocycles. The molecule has 0 spiro atoms. The molecule has 0 radical (unpaired) electrons. The molecular weight excluding hydrogens is 292 g/mol. The van der Waals surface area contributed by atoms with Crippen LogP contribution in [0.15, 0.2) is 30.3 Å². The lowest BCUT2D eigenvalue weighted by Gasteiger charge is -2.36. The van der Waals surface area contributed by atoms with Crippen molar-refractivity contribution in [2.24, 2.45) is 11.8 Å². The minimum atomic E-state index is -0.819. The van der Waals surface area contributed by atoms with Crippen molar-refractivity contribution in [1.29, 1.82) is 0 Å². The SMILES string of the molecule is CC1CC(C(=O)O)CN(C(=O)NC(C)C(C)c2ccccc2)C1. The fraction of sp³-hybridized carbons (Fsp3) is 0.556. The number of amides is 2. The summed E-state index contributed by atoms with van der Waals surface area (Å²) in [6.07, 6.45) is 0.634. The predicted octanol–water partition coefficient (Wildman–Crippen LogP) is 2.93. The summed E-state index contributed by atoms with van der Waals surface area (Å²) in [6.45, 7) is 6.96. The molecule has 23 heavy (non-hydrogen) atoms. The molecule has 4 atom stereocenters. The van der Waals surface area contributed by atoms with Crippen molar-refractivity contribution in [2.45, 2.75) is 39.2 Å². The van der Waals surface area contributed by atoms with E-state index in [9.17, 15) is 14.7 Å².